The maximum absolute atomic E-state index is 9.53. The highest BCUT2D eigenvalue weighted by molar-refractivity contribution is 5.91. The summed E-state index contributed by atoms with van der Waals surface area (Å²) in [6, 6.07) is 13.5. The van der Waals surface area contributed by atoms with Gasteiger partial charge in [-0.3, -0.25) is 5.10 Å². The molecule has 2 aromatic heterocycles. The third kappa shape index (κ3) is 2.28. The van der Waals surface area contributed by atoms with Crippen LogP contribution in [0.15, 0.2) is 42.6 Å². The molecule has 0 unspecified atom stereocenters. The second kappa shape index (κ2) is 5.63. The number of benzene rings is 2. The van der Waals surface area contributed by atoms with Gasteiger partial charge in [-0.05, 0) is 36.4 Å². The molecule has 26 heavy (non-hydrogen) atoms. The lowest BCUT2D eigenvalue weighted by Gasteiger charge is -2.20. The highest BCUT2D eigenvalue weighted by Crippen LogP contribution is 2.38. The van der Waals surface area contributed by atoms with Gasteiger partial charge in [-0.1, -0.05) is 0 Å². The minimum atomic E-state index is 0.457. The number of H-pyrrole nitrogens is 1. The summed E-state index contributed by atoms with van der Waals surface area (Å²) in [5.41, 5.74) is 2.85. The van der Waals surface area contributed by atoms with Crippen LogP contribution in [0, 0.1) is 11.3 Å². The average molecular weight is 343 g/mol. The molecule has 126 valence electrons. The summed E-state index contributed by atoms with van der Waals surface area (Å²) < 4.78 is 11.4. The normalized spacial score (nSPS) is 12.9. The van der Waals surface area contributed by atoms with Gasteiger partial charge in [0.2, 0.25) is 0 Å². The van der Waals surface area contributed by atoms with E-state index in [2.05, 4.69) is 26.6 Å². The van der Waals surface area contributed by atoms with Crippen LogP contribution >= 0.6 is 0 Å². The average Bonchev–Trinajstić information content (AvgIpc) is 3.15. The number of ether oxygens (including phenoxy) is 2. The highest BCUT2D eigenvalue weighted by atomic mass is 16.6. The first-order chi connectivity index (χ1) is 12.8. The van der Waals surface area contributed by atoms with Gasteiger partial charge >= 0.3 is 0 Å². The molecule has 4 aromatic rings. The summed E-state index contributed by atoms with van der Waals surface area (Å²) in [6.45, 7) is 0.997. The zero-order valence-electron chi connectivity index (χ0n) is 13.6. The van der Waals surface area contributed by atoms with E-state index in [1.165, 1.54) is 0 Å². The number of aromatic amines is 1. The number of nitrogens with one attached hydrogen (secondary N) is 2. The van der Waals surface area contributed by atoms with E-state index >= 15 is 0 Å². The van der Waals surface area contributed by atoms with Crippen molar-refractivity contribution in [1.29, 1.82) is 5.26 Å². The highest BCUT2D eigenvalue weighted by Gasteiger charge is 2.18. The first-order valence-corrected chi connectivity index (χ1v) is 8.15. The molecule has 0 spiro atoms. The Morgan fingerprint density at radius 3 is 2.88 bits per heavy atom. The maximum Gasteiger partial charge on any atom is 0.187 e. The molecular weight excluding hydrogens is 330 g/mol. The van der Waals surface area contributed by atoms with Crippen LogP contribution in [0.5, 0.6) is 11.5 Å². The Labute approximate surface area is 148 Å². The Morgan fingerprint density at radius 2 is 1.96 bits per heavy atom. The Morgan fingerprint density at radius 1 is 1.08 bits per heavy atom. The van der Waals surface area contributed by atoms with Crippen LogP contribution in [0.3, 0.4) is 0 Å². The van der Waals surface area contributed by atoms with E-state index in [1.54, 1.807) is 12.3 Å². The van der Waals surface area contributed by atoms with E-state index in [0.717, 1.165) is 22.0 Å². The smallest absolute Gasteiger partial charge is 0.187 e. The Hall–Kier alpha value is -3.79. The molecule has 7 nitrogen and oxygen atoms in total. The van der Waals surface area contributed by atoms with Crippen LogP contribution in [0.4, 0.5) is 11.5 Å². The number of aromatic nitrogens is 3. The molecule has 0 radical (unpaired) electrons. The van der Waals surface area contributed by atoms with Crippen molar-refractivity contribution in [2.45, 2.75) is 0 Å². The Bertz CT molecular complexity index is 1190. The number of hydrogen-bond acceptors (Lipinski definition) is 6. The second-order valence-electron chi connectivity index (χ2n) is 5.95. The standard InChI is InChI=1S/C19H13N5O2/c20-9-13-7-11-2-4-16-18(26-6-5-25-16)17(11)23-19(13)22-14-3-1-12-10-21-24-15(12)8-14/h1-4,7-8,10H,5-6H2,(H,21,24)(H,22,23). The molecule has 3 heterocycles. The molecule has 0 fully saturated rings. The Kier molecular flexibility index (Phi) is 3.15. The third-order valence-electron chi connectivity index (χ3n) is 4.32. The van der Waals surface area contributed by atoms with Crippen LogP contribution in [0.25, 0.3) is 21.8 Å². The molecule has 0 amide bonds. The lowest BCUT2D eigenvalue weighted by molar-refractivity contribution is 0.173. The van der Waals surface area contributed by atoms with Crippen molar-refractivity contribution in [2.75, 3.05) is 18.5 Å². The molecule has 7 heteroatoms. The molecular formula is C19H13N5O2. The summed E-state index contributed by atoms with van der Waals surface area (Å²) in [4.78, 5) is 4.66. The molecule has 0 bridgehead atoms. The number of nitriles is 1. The molecule has 0 atom stereocenters. The fourth-order valence-electron chi connectivity index (χ4n) is 3.08. The SMILES string of the molecule is N#Cc1cc2ccc3c(c2nc1Nc1ccc2cn[nH]c2c1)OCCO3. The number of rotatable bonds is 2. The van der Waals surface area contributed by atoms with Gasteiger partial charge in [0.05, 0.1) is 17.3 Å². The summed E-state index contributed by atoms with van der Waals surface area (Å²) >= 11 is 0. The predicted octanol–water partition coefficient (Wildman–Crippen LogP) is 3.50. The van der Waals surface area contributed by atoms with Gasteiger partial charge in [-0.15, -0.1) is 0 Å². The van der Waals surface area contributed by atoms with E-state index in [9.17, 15) is 5.26 Å². The number of anilines is 2. The lowest BCUT2D eigenvalue weighted by atomic mass is 10.1. The van der Waals surface area contributed by atoms with Gasteiger partial charge in [0.15, 0.2) is 11.5 Å². The zero-order valence-corrected chi connectivity index (χ0v) is 13.6. The fraction of sp³-hybridized carbons (Fsp3) is 0.105. The molecule has 0 aliphatic carbocycles. The van der Waals surface area contributed by atoms with Gasteiger partial charge in [0, 0.05) is 16.5 Å². The van der Waals surface area contributed by atoms with E-state index in [4.69, 9.17) is 9.47 Å². The molecule has 0 saturated carbocycles. The molecule has 2 aromatic carbocycles. The number of fused-ring (bicyclic) bond motifs is 4. The van der Waals surface area contributed by atoms with Crippen molar-refractivity contribution in [3.63, 3.8) is 0 Å². The minimum Gasteiger partial charge on any atom is -0.486 e. The summed E-state index contributed by atoms with van der Waals surface area (Å²) in [5, 5.41) is 21.6. The molecule has 1 aliphatic rings. The van der Waals surface area contributed by atoms with Gasteiger partial charge in [0.25, 0.3) is 0 Å². The van der Waals surface area contributed by atoms with Crippen molar-refractivity contribution < 1.29 is 9.47 Å². The van der Waals surface area contributed by atoms with Gasteiger partial charge < -0.3 is 14.8 Å². The number of nitrogens with zero attached hydrogens (tertiary/aromatic N) is 3. The molecule has 5 rings (SSSR count). The van der Waals surface area contributed by atoms with Crippen LogP contribution in [0.2, 0.25) is 0 Å². The maximum atomic E-state index is 9.53. The van der Waals surface area contributed by atoms with Crippen molar-refractivity contribution in [1.82, 2.24) is 15.2 Å². The van der Waals surface area contributed by atoms with E-state index in [1.807, 2.05) is 30.3 Å². The first-order valence-electron chi connectivity index (χ1n) is 8.15. The topological polar surface area (TPSA) is 95.9 Å². The van der Waals surface area contributed by atoms with Crippen LogP contribution < -0.4 is 14.8 Å². The van der Waals surface area contributed by atoms with Crippen molar-refractivity contribution >= 4 is 33.3 Å². The quantitative estimate of drug-likeness (QED) is 0.578. The monoisotopic (exact) mass is 343 g/mol. The summed E-state index contributed by atoms with van der Waals surface area (Å²) in [5.74, 6) is 1.76. The first kappa shape index (κ1) is 14.5. The molecule has 0 saturated heterocycles. The van der Waals surface area contributed by atoms with Crippen LogP contribution in [0.1, 0.15) is 5.56 Å². The van der Waals surface area contributed by atoms with E-state index in [0.29, 0.717) is 41.6 Å². The minimum absolute atomic E-state index is 0.457. The van der Waals surface area contributed by atoms with Crippen molar-refractivity contribution in [3.8, 4) is 17.6 Å². The largest absolute Gasteiger partial charge is 0.486 e. The van der Waals surface area contributed by atoms with Gasteiger partial charge in [-0.2, -0.15) is 10.4 Å². The van der Waals surface area contributed by atoms with Crippen molar-refractivity contribution in [2.24, 2.45) is 0 Å². The van der Waals surface area contributed by atoms with Crippen molar-refractivity contribution in [3.05, 3.63) is 48.2 Å². The van der Waals surface area contributed by atoms with Crippen LogP contribution in [-0.4, -0.2) is 28.4 Å². The number of hydrogen-bond donors (Lipinski definition) is 2. The molecule has 2 N–H and O–H groups in total. The van der Waals surface area contributed by atoms with Crippen LogP contribution in [-0.2, 0) is 0 Å². The zero-order chi connectivity index (χ0) is 17.5. The van der Waals surface area contributed by atoms with E-state index < -0.39 is 0 Å². The third-order valence-corrected chi connectivity index (χ3v) is 4.32. The van der Waals surface area contributed by atoms with E-state index in [-0.39, 0.29) is 0 Å². The van der Waals surface area contributed by atoms with Gasteiger partial charge in [0.1, 0.15) is 30.6 Å². The fourth-order valence-corrected chi connectivity index (χ4v) is 3.08. The second-order valence-corrected chi connectivity index (χ2v) is 5.95. The summed E-state index contributed by atoms with van der Waals surface area (Å²) in [7, 11) is 0. The lowest BCUT2D eigenvalue weighted by Crippen LogP contribution is -2.15. The summed E-state index contributed by atoms with van der Waals surface area (Å²) in [6.07, 6.45) is 1.76. The predicted molar refractivity (Wildman–Crippen MR) is 96.8 cm³/mol. The van der Waals surface area contributed by atoms with Gasteiger partial charge in [-0.25, -0.2) is 4.98 Å². The molecule has 1 aliphatic heterocycles. The number of pyridine rings is 1. The Balaban J connectivity index is 1.64.